The van der Waals surface area contributed by atoms with Crippen LogP contribution in [0.25, 0.3) is 77.2 Å². The molecule has 2 aromatic heterocycles. The first-order valence-electron chi connectivity index (χ1n) is 17.6. The fourth-order valence-electron chi connectivity index (χ4n) is 7.95. The smallest absolute Gasteiger partial charge is 0.0547 e. The number of benzene rings is 8. The van der Waals surface area contributed by atoms with Gasteiger partial charge in [-0.15, -0.1) is 0 Å². The van der Waals surface area contributed by atoms with Gasteiger partial charge in [-0.05, 0) is 95.1 Å². The van der Waals surface area contributed by atoms with Crippen LogP contribution in [0.4, 0.5) is 0 Å². The summed E-state index contributed by atoms with van der Waals surface area (Å²) in [6.45, 7) is 0. The van der Waals surface area contributed by atoms with E-state index in [1.807, 2.05) is 23.5 Å². The van der Waals surface area contributed by atoms with Crippen LogP contribution in [0.5, 0.6) is 0 Å². The van der Waals surface area contributed by atoms with E-state index in [-0.39, 0.29) is 0 Å². The molecule has 0 saturated heterocycles. The van der Waals surface area contributed by atoms with Crippen LogP contribution in [-0.2, 0) is 0 Å². The summed E-state index contributed by atoms with van der Waals surface area (Å²) in [5.74, 6) is 0. The van der Waals surface area contributed by atoms with Gasteiger partial charge in [-0.1, -0.05) is 133 Å². The highest BCUT2D eigenvalue weighted by molar-refractivity contribution is 8.05. The van der Waals surface area contributed by atoms with E-state index in [9.17, 15) is 0 Å². The molecule has 1 aliphatic heterocycles. The molecule has 0 atom stereocenters. The van der Waals surface area contributed by atoms with Crippen molar-refractivity contribution in [2.45, 2.75) is 19.6 Å². The van der Waals surface area contributed by atoms with Crippen LogP contribution in [0.2, 0.25) is 0 Å². The number of nitrogens with zero attached hydrogens (tertiary/aromatic N) is 2. The molecule has 244 valence electrons. The lowest BCUT2D eigenvalue weighted by molar-refractivity contribution is 1.16. The van der Waals surface area contributed by atoms with Crippen LogP contribution < -0.4 is 0 Å². The fraction of sp³-hybridized carbons (Fsp3) is 0. The molecule has 0 unspecified atom stereocenters. The van der Waals surface area contributed by atoms with Crippen LogP contribution in [-0.4, -0.2) is 9.13 Å². The Kier molecular flexibility index (Phi) is 6.76. The second kappa shape index (κ2) is 11.8. The predicted octanol–water partition coefficient (Wildman–Crippen LogP) is 13.8. The van der Waals surface area contributed by atoms with Crippen molar-refractivity contribution in [2.24, 2.45) is 0 Å². The summed E-state index contributed by atoms with van der Waals surface area (Å²) in [6.07, 6.45) is 0. The molecule has 0 radical (unpaired) electrons. The molecule has 0 amide bonds. The molecule has 8 aromatic carbocycles. The number of hydrogen-bond acceptors (Lipinski definition) is 2. The van der Waals surface area contributed by atoms with Gasteiger partial charge in [-0.2, -0.15) is 0 Å². The third kappa shape index (κ3) is 4.68. The Bertz CT molecular complexity index is 2800. The summed E-state index contributed by atoms with van der Waals surface area (Å²) in [7, 11) is 0. The molecular weight excluding hydrogens is 669 g/mol. The van der Waals surface area contributed by atoms with Crippen LogP contribution in [0.15, 0.2) is 202 Å². The maximum atomic E-state index is 2.39. The summed E-state index contributed by atoms with van der Waals surface area (Å²) < 4.78 is 4.79. The van der Waals surface area contributed by atoms with E-state index in [0.717, 1.165) is 0 Å². The van der Waals surface area contributed by atoms with E-state index in [2.05, 4.69) is 191 Å². The van der Waals surface area contributed by atoms with E-state index in [0.29, 0.717) is 0 Å². The highest BCUT2D eigenvalue weighted by atomic mass is 32.2. The molecule has 0 fully saturated rings. The van der Waals surface area contributed by atoms with Crippen molar-refractivity contribution in [1.82, 2.24) is 9.13 Å². The van der Waals surface area contributed by atoms with Crippen LogP contribution in [0.1, 0.15) is 0 Å². The van der Waals surface area contributed by atoms with E-state index in [1.165, 1.54) is 96.8 Å². The third-order valence-electron chi connectivity index (χ3n) is 10.4. The van der Waals surface area contributed by atoms with Gasteiger partial charge >= 0.3 is 0 Å². The maximum absolute atomic E-state index is 2.39. The van der Waals surface area contributed by atoms with Gasteiger partial charge in [0.25, 0.3) is 0 Å². The Labute approximate surface area is 310 Å². The van der Waals surface area contributed by atoms with Crippen molar-refractivity contribution >= 4 is 67.1 Å². The SMILES string of the molecule is c1ccc(-n2c3ccccc3c3ccc(-c4ccc5c(c4)Sc4ccc(-c6ccc7c8ccccc8n(-c8ccccc8)c7c6)cc4S5)cc32)cc1. The summed E-state index contributed by atoms with van der Waals surface area (Å²) >= 11 is 3.76. The molecule has 52 heavy (non-hydrogen) atoms. The van der Waals surface area contributed by atoms with Crippen molar-refractivity contribution in [3.63, 3.8) is 0 Å². The van der Waals surface area contributed by atoms with Gasteiger partial charge in [0.05, 0.1) is 22.1 Å². The zero-order chi connectivity index (χ0) is 34.2. The minimum absolute atomic E-state index is 1.18. The van der Waals surface area contributed by atoms with Crippen molar-refractivity contribution in [2.75, 3.05) is 0 Å². The van der Waals surface area contributed by atoms with Gasteiger partial charge in [0.2, 0.25) is 0 Å². The first-order chi connectivity index (χ1) is 25.8. The molecule has 11 rings (SSSR count). The van der Waals surface area contributed by atoms with Crippen molar-refractivity contribution in [3.05, 3.63) is 182 Å². The highest BCUT2D eigenvalue weighted by Crippen LogP contribution is 2.50. The Hall–Kier alpha value is -5.94. The van der Waals surface area contributed by atoms with E-state index >= 15 is 0 Å². The Morgan fingerprint density at radius 2 is 0.635 bits per heavy atom. The van der Waals surface area contributed by atoms with Crippen molar-refractivity contribution in [1.29, 1.82) is 0 Å². The average molecular weight is 699 g/mol. The van der Waals surface area contributed by atoms with Gasteiger partial charge in [0, 0.05) is 52.5 Å². The monoisotopic (exact) mass is 698 g/mol. The van der Waals surface area contributed by atoms with Crippen LogP contribution in [0, 0.1) is 0 Å². The van der Waals surface area contributed by atoms with Gasteiger partial charge in [-0.25, -0.2) is 0 Å². The summed E-state index contributed by atoms with van der Waals surface area (Å²) in [5, 5.41) is 5.10. The highest BCUT2D eigenvalue weighted by Gasteiger charge is 2.20. The largest absolute Gasteiger partial charge is 0.309 e. The van der Waals surface area contributed by atoms with Gasteiger partial charge in [0.15, 0.2) is 0 Å². The molecule has 4 heteroatoms. The Morgan fingerprint density at radius 3 is 1.10 bits per heavy atom. The number of aromatic nitrogens is 2. The number of para-hydroxylation sites is 4. The van der Waals surface area contributed by atoms with E-state index in [4.69, 9.17) is 0 Å². The molecule has 0 spiro atoms. The zero-order valence-electron chi connectivity index (χ0n) is 28.0. The summed E-state index contributed by atoms with van der Waals surface area (Å²) in [6, 6.07) is 66.6. The lowest BCUT2D eigenvalue weighted by Crippen LogP contribution is -1.94. The van der Waals surface area contributed by atoms with Crippen molar-refractivity contribution in [3.8, 4) is 33.6 Å². The molecule has 2 nitrogen and oxygen atoms in total. The van der Waals surface area contributed by atoms with Crippen molar-refractivity contribution < 1.29 is 0 Å². The maximum Gasteiger partial charge on any atom is 0.0547 e. The first kappa shape index (κ1) is 29.8. The minimum Gasteiger partial charge on any atom is -0.309 e. The molecule has 0 aliphatic carbocycles. The second-order valence-corrected chi connectivity index (χ2v) is 15.5. The topological polar surface area (TPSA) is 9.86 Å². The normalized spacial score (nSPS) is 12.5. The van der Waals surface area contributed by atoms with E-state index < -0.39 is 0 Å². The molecule has 1 aliphatic rings. The summed E-state index contributed by atoms with van der Waals surface area (Å²) in [4.78, 5) is 5.22. The van der Waals surface area contributed by atoms with Crippen LogP contribution >= 0.6 is 23.5 Å². The number of rotatable bonds is 4. The molecular formula is C48H30N2S2. The third-order valence-corrected chi connectivity index (χ3v) is 12.9. The molecule has 0 bridgehead atoms. The molecule has 3 heterocycles. The van der Waals surface area contributed by atoms with Gasteiger partial charge < -0.3 is 9.13 Å². The van der Waals surface area contributed by atoms with Gasteiger partial charge in [-0.3, -0.25) is 0 Å². The lowest BCUT2D eigenvalue weighted by Gasteiger charge is -2.20. The fourth-order valence-corrected chi connectivity index (χ4v) is 10.2. The zero-order valence-corrected chi connectivity index (χ0v) is 29.7. The molecule has 0 N–H and O–H groups in total. The first-order valence-corrected chi connectivity index (χ1v) is 19.2. The second-order valence-electron chi connectivity index (χ2n) is 13.4. The van der Waals surface area contributed by atoms with E-state index in [1.54, 1.807) is 0 Å². The standard InChI is InChI=1S/C48H30N2S2/c1-3-11-35(12-4-1)49-41-17-9-7-15-37(41)39-23-19-31(27-43(39)49)33-21-25-45-47(29-33)51-46-26-22-34(30-48(46)52-45)32-20-24-40-38-16-8-10-18-42(38)50(44(40)28-32)36-13-5-2-6-14-36/h1-30H. The lowest BCUT2D eigenvalue weighted by atomic mass is 10.0. The molecule has 10 aromatic rings. The minimum atomic E-state index is 1.18. The number of hydrogen-bond donors (Lipinski definition) is 0. The Balaban J connectivity index is 0.952. The summed E-state index contributed by atoms with van der Waals surface area (Å²) in [5.41, 5.74) is 12.2. The Morgan fingerprint density at radius 1 is 0.269 bits per heavy atom. The van der Waals surface area contributed by atoms with Crippen LogP contribution in [0.3, 0.4) is 0 Å². The molecule has 0 saturated carbocycles. The predicted molar refractivity (Wildman–Crippen MR) is 221 cm³/mol. The number of fused-ring (bicyclic) bond motifs is 8. The quantitative estimate of drug-likeness (QED) is 0.181. The average Bonchev–Trinajstić information content (AvgIpc) is 3.72. The van der Waals surface area contributed by atoms with Gasteiger partial charge in [0.1, 0.15) is 0 Å².